The maximum Gasteiger partial charge on any atom is 0.416 e. The van der Waals surface area contributed by atoms with Crippen LogP contribution in [-0.2, 0) is 24.8 Å². The number of Topliss-reactive ketones (excluding diaryl/α,β-unsaturated/α-hetero) is 1. The van der Waals surface area contributed by atoms with Gasteiger partial charge in [0.15, 0.2) is 5.78 Å². The Labute approximate surface area is 213 Å². The number of carbonyl (C=O) groups is 2. The average Bonchev–Trinajstić information content (AvgIpc) is 3.28. The summed E-state index contributed by atoms with van der Waals surface area (Å²) in [6, 6.07) is 11.7. The molecule has 0 fully saturated rings. The number of amides is 1. The van der Waals surface area contributed by atoms with Crippen molar-refractivity contribution < 1.29 is 31.2 Å². The van der Waals surface area contributed by atoms with Crippen molar-refractivity contribution in [2.24, 2.45) is 5.92 Å². The first-order valence-electron chi connectivity index (χ1n) is 10.6. The molecule has 0 N–H and O–H groups in total. The number of hydrogen-bond donors (Lipinski definition) is 0. The van der Waals surface area contributed by atoms with Gasteiger partial charge in [0, 0.05) is 22.1 Å². The molecule has 0 spiro atoms. The summed E-state index contributed by atoms with van der Waals surface area (Å²) >= 11 is 0. The van der Waals surface area contributed by atoms with E-state index in [-0.39, 0.29) is 28.3 Å². The normalized spacial score (nSPS) is 16.8. The molecule has 0 aliphatic carbocycles. The lowest BCUT2D eigenvalue weighted by molar-refractivity contribution is -0.137. The van der Waals surface area contributed by atoms with E-state index in [0.29, 0.717) is 5.56 Å². The van der Waals surface area contributed by atoms with Crippen LogP contribution in [0, 0.1) is 17.2 Å². The van der Waals surface area contributed by atoms with Crippen LogP contribution < -0.4 is 4.90 Å². The summed E-state index contributed by atoms with van der Waals surface area (Å²) < 4.78 is 66.1. The summed E-state index contributed by atoms with van der Waals surface area (Å²) in [7, 11) is 1.18. The van der Waals surface area contributed by atoms with Gasteiger partial charge in [-0.05, 0) is 56.3 Å². The zero-order chi connectivity index (χ0) is 27.3. The molecule has 3 aromatic rings. The highest BCUT2D eigenvalue weighted by Gasteiger charge is 2.42. The van der Waals surface area contributed by atoms with E-state index >= 15 is 0 Å². The molecule has 1 amide bonds. The number of nitriles is 1. The number of rotatable bonds is 4. The number of ketones is 1. The fourth-order valence-corrected chi connectivity index (χ4v) is 4.95. The predicted molar refractivity (Wildman–Crippen MR) is 127 cm³/mol. The number of anilines is 1. The summed E-state index contributed by atoms with van der Waals surface area (Å²) in [4.78, 5) is 26.9. The summed E-state index contributed by atoms with van der Waals surface area (Å²) in [6.07, 6.45) is -3.76. The van der Waals surface area contributed by atoms with Crippen LogP contribution in [0.2, 0.25) is 0 Å². The quantitative estimate of drug-likeness (QED) is 0.346. The van der Waals surface area contributed by atoms with Gasteiger partial charge in [0.05, 0.1) is 46.3 Å². The molecule has 1 aromatic heterocycles. The van der Waals surface area contributed by atoms with Crippen LogP contribution in [0.5, 0.6) is 0 Å². The van der Waals surface area contributed by atoms with Crippen molar-refractivity contribution in [3.05, 3.63) is 77.2 Å². The van der Waals surface area contributed by atoms with Gasteiger partial charge in [0.25, 0.3) is 9.05 Å². The Bertz CT molecular complexity index is 1620. The number of allylic oxidation sites excluding steroid dienone is 2. The number of carbonyl (C=O) groups excluding carboxylic acids is 2. The van der Waals surface area contributed by atoms with E-state index in [4.69, 9.17) is 15.9 Å². The summed E-state index contributed by atoms with van der Waals surface area (Å²) in [5, 5.41) is 13.1. The first kappa shape index (κ1) is 26.1. The number of alkyl halides is 3. The zero-order valence-electron chi connectivity index (χ0n) is 19.1. The van der Waals surface area contributed by atoms with Gasteiger partial charge in [0.1, 0.15) is 4.90 Å². The van der Waals surface area contributed by atoms with Crippen LogP contribution in [0.3, 0.4) is 0 Å². The Morgan fingerprint density at radius 3 is 2.30 bits per heavy atom. The molecule has 0 saturated carbocycles. The van der Waals surface area contributed by atoms with E-state index in [1.54, 1.807) is 0 Å². The summed E-state index contributed by atoms with van der Waals surface area (Å²) in [5.74, 6) is -2.91. The minimum absolute atomic E-state index is 0.107. The smallest absolute Gasteiger partial charge is 0.293 e. The standard InChI is InChI=1S/C24H16ClF3N4O4S/c1-13-22(33)20(14(2)31(23(13)34)18-5-3-4-16(10-18)24(26,27)28)21-19(37(25,35)36)12-30-32(21)17-8-6-15(11-29)7-9-17/h3-10,12-13H,1-2H3. The first-order valence-corrected chi connectivity index (χ1v) is 12.9. The van der Waals surface area contributed by atoms with E-state index in [9.17, 15) is 31.2 Å². The molecule has 2 aromatic carbocycles. The van der Waals surface area contributed by atoms with Crippen molar-refractivity contribution >= 4 is 42.7 Å². The minimum Gasteiger partial charge on any atom is -0.293 e. The van der Waals surface area contributed by atoms with E-state index in [1.165, 1.54) is 44.2 Å². The van der Waals surface area contributed by atoms with Gasteiger partial charge >= 0.3 is 6.18 Å². The lowest BCUT2D eigenvalue weighted by Gasteiger charge is -2.33. The fraction of sp³-hybridized carbons (Fsp3) is 0.167. The van der Waals surface area contributed by atoms with Crippen molar-refractivity contribution in [1.29, 1.82) is 5.26 Å². The number of nitrogens with zero attached hydrogens (tertiary/aromatic N) is 4. The monoisotopic (exact) mass is 548 g/mol. The van der Waals surface area contributed by atoms with E-state index in [1.807, 2.05) is 6.07 Å². The summed E-state index contributed by atoms with van der Waals surface area (Å²) in [5.41, 5.74) is -1.23. The number of benzene rings is 2. The maximum atomic E-state index is 13.4. The SMILES string of the molecule is CC1=C(c2c(S(=O)(=O)Cl)cnn2-c2ccc(C#N)cc2)C(=O)C(C)C(=O)N1c1cccc(C(F)(F)F)c1. The van der Waals surface area contributed by atoms with Crippen molar-refractivity contribution in [1.82, 2.24) is 9.78 Å². The number of aromatic nitrogens is 2. The third kappa shape index (κ3) is 4.63. The lowest BCUT2D eigenvalue weighted by atomic mass is 9.89. The molecule has 1 aliphatic heterocycles. The van der Waals surface area contributed by atoms with Gasteiger partial charge < -0.3 is 0 Å². The van der Waals surface area contributed by atoms with Gasteiger partial charge in [-0.15, -0.1) is 0 Å². The molecular formula is C24H16ClF3N4O4S. The molecule has 1 unspecified atom stereocenters. The zero-order valence-corrected chi connectivity index (χ0v) is 20.7. The Morgan fingerprint density at radius 2 is 1.73 bits per heavy atom. The minimum atomic E-state index is -4.69. The second kappa shape index (κ2) is 9.17. The summed E-state index contributed by atoms with van der Waals surface area (Å²) in [6.45, 7) is 2.59. The maximum absolute atomic E-state index is 13.4. The molecule has 2 heterocycles. The van der Waals surface area contributed by atoms with Crippen LogP contribution in [0.25, 0.3) is 11.3 Å². The van der Waals surface area contributed by atoms with Crippen LogP contribution >= 0.6 is 10.7 Å². The van der Waals surface area contributed by atoms with Gasteiger partial charge in [-0.1, -0.05) is 6.07 Å². The van der Waals surface area contributed by atoms with Crippen LogP contribution in [0.15, 0.2) is 65.3 Å². The number of halogens is 4. The molecule has 1 aliphatic rings. The van der Waals surface area contributed by atoms with Gasteiger partial charge in [-0.3, -0.25) is 14.5 Å². The Kier molecular flexibility index (Phi) is 6.47. The topological polar surface area (TPSA) is 113 Å². The van der Waals surface area contributed by atoms with Crippen molar-refractivity contribution in [2.45, 2.75) is 24.9 Å². The van der Waals surface area contributed by atoms with Crippen molar-refractivity contribution in [3.8, 4) is 11.8 Å². The molecule has 4 rings (SSSR count). The fourth-order valence-electron chi connectivity index (χ4n) is 4.02. The largest absolute Gasteiger partial charge is 0.416 e. The van der Waals surface area contributed by atoms with Crippen molar-refractivity contribution in [2.75, 3.05) is 4.90 Å². The molecule has 1 atom stereocenters. The molecule has 0 saturated heterocycles. The lowest BCUT2D eigenvalue weighted by Crippen LogP contribution is -2.43. The second-order valence-electron chi connectivity index (χ2n) is 8.13. The molecule has 37 heavy (non-hydrogen) atoms. The van der Waals surface area contributed by atoms with Crippen molar-refractivity contribution in [3.63, 3.8) is 0 Å². The van der Waals surface area contributed by atoms with Crippen LogP contribution in [0.4, 0.5) is 18.9 Å². The van der Waals surface area contributed by atoms with E-state index in [2.05, 4.69) is 5.10 Å². The van der Waals surface area contributed by atoms with E-state index in [0.717, 1.165) is 34.0 Å². The average molecular weight is 549 g/mol. The van der Waals surface area contributed by atoms with Crippen LogP contribution in [-0.4, -0.2) is 29.9 Å². The van der Waals surface area contributed by atoms with Gasteiger partial charge in [-0.25, -0.2) is 13.1 Å². The Morgan fingerprint density at radius 1 is 1.08 bits per heavy atom. The second-order valence-corrected chi connectivity index (χ2v) is 10.7. The molecular weight excluding hydrogens is 533 g/mol. The number of hydrogen-bond acceptors (Lipinski definition) is 6. The van der Waals surface area contributed by atoms with Gasteiger partial charge in [-0.2, -0.15) is 23.5 Å². The molecule has 13 heteroatoms. The molecule has 0 bridgehead atoms. The predicted octanol–water partition coefficient (Wildman–Crippen LogP) is 4.67. The van der Waals surface area contributed by atoms with Gasteiger partial charge in [0.2, 0.25) is 5.91 Å². The first-order chi connectivity index (χ1) is 17.3. The molecule has 8 nitrogen and oxygen atoms in total. The third-order valence-corrected chi connectivity index (χ3v) is 7.16. The van der Waals surface area contributed by atoms with E-state index < -0.39 is 43.3 Å². The van der Waals surface area contributed by atoms with Crippen LogP contribution in [0.1, 0.15) is 30.7 Å². The molecule has 0 radical (unpaired) electrons. The third-order valence-electron chi connectivity index (χ3n) is 5.84. The highest BCUT2D eigenvalue weighted by Crippen LogP contribution is 2.40. The highest BCUT2D eigenvalue weighted by molar-refractivity contribution is 8.13. The Balaban J connectivity index is 2.02. The Hall–Kier alpha value is -3.95. The molecule has 190 valence electrons. The highest BCUT2D eigenvalue weighted by atomic mass is 35.7.